The van der Waals surface area contributed by atoms with Gasteiger partial charge in [-0.05, 0) is 48.2 Å². The maximum Gasteiger partial charge on any atom is 0.244 e. The van der Waals surface area contributed by atoms with Crippen LogP contribution < -0.4 is 14.8 Å². The van der Waals surface area contributed by atoms with E-state index in [9.17, 15) is 4.79 Å². The highest BCUT2D eigenvalue weighted by molar-refractivity contribution is 5.92. The number of ether oxygens (including phenoxy) is 2. The summed E-state index contributed by atoms with van der Waals surface area (Å²) in [5.74, 6) is 1.32. The average Bonchev–Trinajstić information content (AvgIpc) is 3.07. The van der Waals surface area contributed by atoms with Crippen molar-refractivity contribution in [2.24, 2.45) is 0 Å². The molecule has 4 heteroatoms. The Balaban J connectivity index is 1.60. The zero-order valence-electron chi connectivity index (χ0n) is 13.9. The number of hydrogen-bond acceptors (Lipinski definition) is 3. The van der Waals surface area contributed by atoms with E-state index < -0.39 is 0 Å². The van der Waals surface area contributed by atoms with Gasteiger partial charge in [0, 0.05) is 6.08 Å². The molecule has 1 amide bonds. The quantitative estimate of drug-likeness (QED) is 0.850. The lowest BCUT2D eigenvalue weighted by molar-refractivity contribution is -0.117. The molecule has 2 aromatic rings. The van der Waals surface area contributed by atoms with Crippen LogP contribution in [0.5, 0.6) is 11.5 Å². The summed E-state index contributed by atoms with van der Waals surface area (Å²) in [5.41, 5.74) is 3.28. The second kappa shape index (κ2) is 7.21. The molecule has 0 unspecified atom stereocenters. The van der Waals surface area contributed by atoms with Crippen LogP contribution in [0, 0.1) is 0 Å². The summed E-state index contributed by atoms with van der Waals surface area (Å²) in [7, 11) is 0. The maximum absolute atomic E-state index is 12.1. The zero-order chi connectivity index (χ0) is 16.9. The number of amides is 1. The van der Waals surface area contributed by atoms with Gasteiger partial charge in [-0.1, -0.05) is 37.3 Å². The molecule has 2 aromatic carbocycles. The minimum Gasteiger partial charge on any atom is -0.454 e. The Kier molecular flexibility index (Phi) is 4.85. The van der Waals surface area contributed by atoms with Gasteiger partial charge in [-0.15, -0.1) is 0 Å². The van der Waals surface area contributed by atoms with Gasteiger partial charge in [0.15, 0.2) is 11.5 Å². The van der Waals surface area contributed by atoms with E-state index in [4.69, 9.17) is 9.47 Å². The van der Waals surface area contributed by atoms with Crippen molar-refractivity contribution in [1.29, 1.82) is 0 Å². The molecule has 1 heterocycles. The fourth-order valence-corrected chi connectivity index (χ4v) is 2.58. The number of aryl methyl sites for hydroxylation is 1. The molecule has 0 fully saturated rings. The maximum atomic E-state index is 12.1. The van der Waals surface area contributed by atoms with Crippen LogP contribution in [0.1, 0.15) is 36.6 Å². The molecule has 0 aliphatic carbocycles. The molecule has 0 spiro atoms. The van der Waals surface area contributed by atoms with Gasteiger partial charge in [-0.3, -0.25) is 4.79 Å². The predicted molar refractivity (Wildman–Crippen MR) is 94.0 cm³/mol. The Labute approximate surface area is 142 Å². The first-order valence-electron chi connectivity index (χ1n) is 8.13. The molecular weight excluding hydrogens is 302 g/mol. The molecule has 1 aliphatic heterocycles. The van der Waals surface area contributed by atoms with Crippen molar-refractivity contribution < 1.29 is 14.3 Å². The molecular formula is C20H21NO3. The molecule has 1 atom stereocenters. The van der Waals surface area contributed by atoms with Crippen molar-refractivity contribution >= 4 is 12.0 Å². The van der Waals surface area contributed by atoms with Gasteiger partial charge < -0.3 is 14.8 Å². The third kappa shape index (κ3) is 3.77. The first-order chi connectivity index (χ1) is 11.7. The van der Waals surface area contributed by atoms with Crippen LogP contribution in [0.25, 0.3) is 6.08 Å². The lowest BCUT2D eigenvalue weighted by Crippen LogP contribution is -2.24. The minimum absolute atomic E-state index is 0.0372. The molecule has 0 saturated heterocycles. The van der Waals surface area contributed by atoms with Crippen LogP contribution in [-0.2, 0) is 11.2 Å². The number of nitrogens with one attached hydrogen (secondary N) is 1. The second-order valence-corrected chi connectivity index (χ2v) is 5.77. The summed E-state index contributed by atoms with van der Waals surface area (Å²) in [6, 6.07) is 13.9. The second-order valence-electron chi connectivity index (χ2n) is 5.77. The topological polar surface area (TPSA) is 47.6 Å². The summed E-state index contributed by atoms with van der Waals surface area (Å²) in [4.78, 5) is 12.1. The number of carbonyl (C=O) groups excluding carboxylic acids is 1. The lowest BCUT2D eigenvalue weighted by atomic mass is 10.0. The third-order valence-corrected chi connectivity index (χ3v) is 4.07. The number of carbonyl (C=O) groups is 1. The summed E-state index contributed by atoms with van der Waals surface area (Å²) in [5, 5.41) is 2.97. The first kappa shape index (κ1) is 16.1. The Morgan fingerprint density at radius 2 is 1.92 bits per heavy atom. The van der Waals surface area contributed by atoms with E-state index in [0.717, 1.165) is 23.3 Å². The summed E-state index contributed by atoms with van der Waals surface area (Å²) in [6.45, 7) is 4.35. The zero-order valence-corrected chi connectivity index (χ0v) is 13.9. The molecule has 0 saturated carbocycles. The van der Waals surface area contributed by atoms with Gasteiger partial charge in [0.1, 0.15) is 0 Å². The van der Waals surface area contributed by atoms with E-state index in [1.165, 1.54) is 11.6 Å². The smallest absolute Gasteiger partial charge is 0.244 e. The number of fused-ring (bicyclic) bond motifs is 1. The van der Waals surface area contributed by atoms with Crippen molar-refractivity contribution in [2.75, 3.05) is 6.79 Å². The van der Waals surface area contributed by atoms with Crippen LogP contribution >= 0.6 is 0 Å². The van der Waals surface area contributed by atoms with E-state index in [0.29, 0.717) is 5.75 Å². The normalized spacial score (nSPS) is 13.9. The van der Waals surface area contributed by atoms with Crippen molar-refractivity contribution in [3.05, 3.63) is 65.2 Å². The van der Waals surface area contributed by atoms with E-state index in [1.54, 1.807) is 6.08 Å². The van der Waals surface area contributed by atoms with Gasteiger partial charge in [0.05, 0.1) is 6.04 Å². The Morgan fingerprint density at radius 1 is 1.17 bits per heavy atom. The Hall–Kier alpha value is -2.75. The van der Waals surface area contributed by atoms with Crippen LogP contribution in [0.2, 0.25) is 0 Å². The molecule has 1 N–H and O–H groups in total. The van der Waals surface area contributed by atoms with E-state index in [1.807, 2.05) is 25.1 Å². The Morgan fingerprint density at radius 3 is 2.67 bits per heavy atom. The Bertz CT molecular complexity index is 750. The van der Waals surface area contributed by atoms with Crippen molar-refractivity contribution in [3.8, 4) is 11.5 Å². The lowest BCUT2D eigenvalue weighted by Gasteiger charge is -2.13. The van der Waals surface area contributed by atoms with Gasteiger partial charge in [-0.2, -0.15) is 0 Å². The van der Waals surface area contributed by atoms with Crippen molar-refractivity contribution in [3.63, 3.8) is 0 Å². The molecule has 0 radical (unpaired) electrons. The van der Waals surface area contributed by atoms with E-state index in [-0.39, 0.29) is 18.7 Å². The van der Waals surface area contributed by atoms with Crippen LogP contribution in [0.15, 0.2) is 48.5 Å². The van der Waals surface area contributed by atoms with Crippen molar-refractivity contribution in [1.82, 2.24) is 5.32 Å². The highest BCUT2D eigenvalue weighted by atomic mass is 16.7. The molecule has 0 bridgehead atoms. The number of benzene rings is 2. The van der Waals surface area contributed by atoms with Gasteiger partial charge in [0.25, 0.3) is 0 Å². The highest BCUT2D eigenvalue weighted by Crippen LogP contribution is 2.32. The van der Waals surface area contributed by atoms with Gasteiger partial charge >= 0.3 is 0 Å². The van der Waals surface area contributed by atoms with E-state index in [2.05, 4.69) is 36.5 Å². The van der Waals surface area contributed by atoms with Crippen LogP contribution in [0.4, 0.5) is 0 Å². The average molecular weight is 323 g/mol. The summed E-state index contributed by atoms with van der Waals surface area (Å²) in [6.07, 6.45) is 4.32. The van der Waals surface area contributed by atoms with E-state index >= 15 is 0 Å². The largest absolute Gasteiger partial charge is 0.454 e. The molecule has 124 valence electrons. The van der Waals surface area contributed by atoms with Crippen LogP contribution in [-0.4, -0.2) is 12.7 Å². The molecule has 3 rings (SSSR count). The molecule has 1 aliphatic rings. The van der Waals surface area contributed by atoms with Crippen molar-refractivity contribution in [2.45, 2.75) is 26.3 Å². The predicted octanol–water partition coefficient (Wildman–Crippen LogP) is 3.87. The minimum atomic E-state index is -0.125. The summed E-state index contributed by atoms with van der Waals surface area (Å²) < 4.78 is 10.6. The van der Waals surface area contributed by atoms with Gasteiger partial charge in [0.2, 0.25) is 12.7 Å². The molecule has 24 heavy (non-hydrogen) atoms. The highest BCUT2D eigenvalue weighted by Gasteiger charge is 2.12. The SMILES string of the molecule is CCc1ccc([C@@H](C)NC(=O)/C=C/c2ccc3c(c2)OCO3)cc1. The monoisotopic (exact) mass is 323 g/mol. The third-order valence-electron chi connectivity index (χ3n) is 4.07. The fourth-order valence-electron chi connectivity index (χ4n) is 2.58. The summed E-state index contributed by atoms with van der Waals surface area (Å²) >= 11 is 0. The standard InChI is InChI=1S/C20H21NO3/c1-3-15-4-8-17(9-5-15)14(2)21-20(22)11-7-16-6-10-18-19(12-16)24-13-23-18/h4-12,14H,3,13H2,1-2H3,(H,21,22)/b11-7+/t14-/m1/s1. The molecule has 0 aromatic heterocycles. The number of rotatable bonds is 5. The van der Waals surface area contributed by atoms with Gasteiger partial charge in [-0.25, -0.2) is 0 Å². The number of hydrogen-bond donors (Lipinski definition) is 1. The molecule has 4 nitrogen and oxygen atoms in total. The first-order valence-corrected chi connectivity index (χ1v) is 8.13. The van der Waals surface area contributed by atoms with Crippen LogP contribution in [0.3, 0.4) is 0 Å². The fraction of sp³-hybridized carbons (Fsp3) is 0.250.